The van der Waals surface area contributed by atoms with Crippen molar-refractivity contribution in [1.29, 1.82) is 36.8 Å². The second-order valence-electron chi connectivity index (χ2n) is 24.3. The fourth-order valence-corrected chi connectivity index (χ4v) is 7.79. The average Bonchev–Trinajstić information content (AvgIpc) is 1.70. The summed E-state index contributed by atoms with van der Waals surface area (Å²) in [6, 6.07) is 12.5. The molecule has 0 N–H and O–H groups in total. The van der Waals surface area contributed by atoms with Gasteiger partial charge >= 0.3 is 6.18 Å². The van der Waals surface area contributed by atoms with Crippen molar-refractivity contribution in [3.8, 4) is 42.5 Å². The number of nitrogens with zero attached hydrogens (tertiary/aromatic N) is 15. The standard InChI is InChI=1S/C12H14N2.C12H17N.C11H11F3N2.C11H12N2.2C10H12N2.C9H10N2.C7H8N2/c1-9(2)10-5-4-6-11(7-10)12(8-13)14-3;1-8(2)11-6-7-12(9(11)3)10(4)13-5;1-8(2)4-9(6-11(12,13)14)5-10(7-15)16-3;1-10(2)7-5-4-6-8-11(9-12)13-3;1-8(2)5-9(3)6-10(7-11)12-4;1-8(2)5-6-9(3)10(7-11)12-4;1-8(2)5-4-6-9(7-10)11-3;1-6(2)4-7(5-8)9-3/h7,9H,4-6H2,1-2H3;8H,6-7H2,1-4H3;4-5,8H,6H2,1-2H3;4-8,10H,1-2H3;2*5-6,8H,1-3H3;4-6,8H,1-2H3;4,6H,1-2H3/b12-11-;12-10-;9-4+,10-5+;6-4+,7-5+,11-8-;9-5+,10-6-;6-5+,10-9-;5-4+,9-6-;7-4-. The molecule has 100 heavy (non-hydrogen) atoms. The van der Waals surface area contributed by atoms with Gasteiger partial charge in [0.05, 0.1) is 101 Å². The van der Waals surface area contributed by atoms with E-state index in [1.165, 1.54) is 46.6 Å². The van der Waals surface area contributed by atoms with E-state index in [4.69, 9.17) is 89.4 Å². The van der Waals surface area contributed by atoms with Gasteiger partial charge in [-0.2, -0.15) is 13.2 Å². The van der Waals surface area contributed by atoms with Crippen LogP contribution in [-0.4, -0.2) is 6.18 Å². The Bertz CT molecular complexity index is 3760. The highest BCUT2D eigenvalue weighted by Crippen LogP contribution is 2.37. The van der Waals surface area contributed by atoms with Gasteiger partial charge in [-0.05, 0) is 148 Å². The SMILES string of the molecule is [C-]#[N+]/C(C#N)=C(C)\C=C\C(C)C.[C-]#[N+]/C(C#N)=C/C(=C\C(C)C)CC(F)(F)F.[C-]#[N+]/C(C#N)=C1\C=C(C(C)C)CCC1.[C-]#[N+]/C(C#N)=C\C(C)=C\C(C)C.[C-]#[N+]/C(C#N)=C\C(C)C.[C-]#[N+]/C(C#N)=C\C=C\C(C)C.[C-]#[N+]/C(C)=C1/CCC(C(C)C)=C1C.[C-]#[N+]\C(C#N)=C/C=C/C=C/C(C)C. The lowest BCUT2D eigenvalue weighted by molar-refractivity contribution is -0.126. The van der Waals surface area contributed by atoms with E-state index >= 15 is 0 Å². The Labute approximate surface area is 598 Å². The summed E-state index contributed by atoms with van der Waals surface area (Å²) in [5.74, 6) is 3.25. The molecule has 0 spiro atoms. The van der Waals surface area contributed by atoms with Gasteiger partial charge in [-0.3, -0.25) is 0 Å². The predicted octanol–water partition coefficient (Wildman–Crippen LogP) is 24.7. The molecule has 0 aromatic rings. The zero-order chi connectivity index (χ0) is 78.5. The molecule has 0 aromatic carbocycles. The number of rotatable bonds is 15. The summed E-state index contributed by atoms with van der Waals surface area (Å²) in [4.78, 5) is 24.8. The van der Waals surface area contributed by atoms with Crippen LogP contribution in [0.2, 0.25) is 0 Å². The van der Waals surface area contributed by atoms with Gasteiger partial charge in [-0.15, -0.1) is 0 Å². The first-order chi connectivity index (χ1) is 46.9. The zero-order valence-electron chi connectivity index (χ0n) is 61.9. The van der Waals surface area contributed by atoms with E-state index < -0.39 is 12.6 Å². The molecule has 0 saturated carbocycles. The van der Waals surface area contributed by atoms with Crippen molar-refractivity contribution in [3.63, 3.8) is 0 Å². The molecular formula is C82H96F3N15. The molecule has 0 radical (unpaired) electrons. The molecule has 2 rings (SSSR count). The molecule has 2 aliphatic rings. The third-order valence-electron chi connectivity index (χ3n) is 12.4. The Morgan fingerprint density at radius 3 is 1.28 bits per heavy atom. The topological polar surface area (TPSA) is 201 Å². The number of allylic oxidation sites excluding steroid dienone is 32. The van der Waals surface area contributed by atoms with Gasteiger partial charge in [0.15, 0.2) is 5.70 Å². The van der Waals surface area contributed by atoms with Gasteiger partial charge in [0.25, 0.3) is 39.9 Å². The van der Waals surface area contributed by atoms with Crippen LogP contribution in [0.1, 0.15) is 177 Å². The summed E-state index contributed by atoms with van der Waals surface area (Å²) in [5.41, 5.74) is 9.71. The zero-order valence-corrected chi connectivity index (χ0v) is 61.9. The van der Waals surface area contributed by atoms with Crippen molar-refractivity contribution >= 4 is 0 Å². The quantitative estimate of drug-likeness (QED) is 0.0881. The highest BCUT2D eigenvalue weighted by atomic mass is 19.4. The Kier molecular flexibility index (Phi) is 60.1. The van der Waals surface area contributed by atoms with Gasteiger partial charge in [0, 0.05) is 0 Å². The van der Waals surface area contributed by atoms with Crippen LogP contribution in [0.25, 0.3) is 38.8 Å². The van der Waals surface area contributed by atoms with Crippen LogP contribution in [0.4, 0.5) is 13.2 Å². The van der Waals surface area contributed by atoms with Crippen LogP contribution in [0, 0.1) is 179 Å². The van der Waals surface area contributed by atoms with Gasteiger partial charge < -0.3 is 0 Å². The maximum atomic E-state index is 12.2. The van der Waals surface area contributed by atoms with Crippen molar-refractivity contribution in [2.45, 2.75) is 183 Å². The maximum absolute atomic E-state index is 12.2. The predicted molar refractivity (Wildman–Crippen MR) is 397 cm³/mol. The first-order valence-electron chi connectivity index (χ1n) is 31.9. The molecule has 0 saturated heterocycles. The summed E-state index contributed by atoms with van der Waals surface area (Å²) >= 11 is 0. The summed E-state index contributed by atoms with van der Waals surface area (Å²) in [7, 11) is 0. The van der Waals surface area contributed by atoms with Gasteiger partial charge in [-0.25, -0.2) is 75.6 Å². The fraction of sp³-hybridized carbons (Fsp3) is 0.427. The first kappa shape index (κ1) is 99.0. The fourth-order valence-electron chi connectivity index (χ4n) is 7.79. The molecule has 0 amide bonds. The van der Waals surface area contributed by atoms with E-state index in [1.807, 2.05) is 122 Å². The summed E-state index contributed by atoms with van der Waals surface area (Å²) in [6.45, 7) is 93.7. The second-order valence-corrected chi connectivity index (χ2v) is 24.3. The van der Waals surface area contributed by atoms with Gasteiger partial charge in [0.2, 0.25) is 0 Å². The second kappa shape index (κ2) is 60.6. The molecule has 0 aromatic heterocycles. The molecule has 0 bridgehead atoms. The van der Waals surface area contributed by atoms with E-state index in [0.29, 0.717) is 35.5 Å². The lowest BCUT2D eigenvalue weighted by Gasteiger charge is -2.18. The van der Waals surface area contributed by atoms with Crippen LogP contribution in [0.5, 0.6) is 0 Å². The number of halogens is 3. The van der Waals surface area contributed by atoms with E-state index in [-0.39, 0.29) is 57.3 Å². The number of nitriles is 7. The molecule has 0 heterocycles. The average molecular weight is 1350 g/mol. The molecule has 0 fully saturated rings. The van der Waals surface area contributed by atoms with E-state index in [2.05, 4.69) is 101 Å². The monoisotopic (exact) mass is 1350 g/mol. The highest BCUT2D eigenvalue weighted by Gasteiger charge is 2.28. The van der Waals surface area contributed by atoms with Crippen LogP contribution in [0.3, 0.4) is 0 Å². The summed E-state index contributed by atoms with van der Waals surface area (Å²) in [6.07, 6.45) is 27.5. The minimum atomic E-state index is -4.33. The van der Waals surface area contributed by atoms with Crippen molar-refractivity contribution in [1.82, 2.24) is 0 Å². The summed E-state index contributed by atoms with van der Waals surface area (Å²) < 4.78 is 36.6. The number of alkyl halides is 3. The van der Waals surface area contributed by atoms with E-state index in [9.17, 15) is 13.2 Å². The highest BCUT2D eigenvalue weighted by molar-refractivity contribution is 5.45. The smallest absolute Gasteiger partial charge is 0.243 e. The summed E-state index contributed by atoms with van der Waals surface area (Å²) in [5, 5.41) is 59.1. The Hall–Kier alpha value is -12.0. The third-order valence-corrected chi connectivity index (χ3v) is 12.4. The van der Waals surface area contributed by atoms with Crippen LogP contribution in [0.15, 0.2) is 187 Å². The Balaban J connectivity index is -0.000000254. The molecule has 0 unspecified atom stereocenters. The van der Waals surface area contributed by atoms with Crippen molar-refractivity contribution < 1.29 is 13.2 Å². The maximum Gasteiger partial charge on any atom is 0.392 e. The van der Waals surface area contributed by atoms with Crippen LogP contribution < -0.4 is 0 Å². The largest absolute Gasteiger partial charge is 0.392 e. The normalized spacial score (nSPS) is 14.4. The lowest BCUT2D eigenvalue weighted by atomic mass is 9.88. The van der Waals surface area contributed by atoms with Crippen LogP contribution in [-0.2, 0) is 0 Å². The Morgan fingerprint density at radius 1 is 0.470 bits per heavy atom. The minimum absolute atomic E-state index is 0.0462. The lowest BCUT2D eigenvalue weighted by Crippen LogP contribution is -2.08. The van der Waals surface area contributed by atoms with Gasteiger partial charge in [-0.1, -0.05) is 212 Å². The van der Waals surface area contributed by atoms with Crippen molar-refractivity contribution in [3.05, 3.63) is 279 Å². The minimum Gasteiger partial charge on any atom is -0.243 e. The third kappa shape index (κ3) is 56.3. The molecule has 18 heteroatoms. The number of hydrogen-bond donors (Lipinski definition) is 0. The van der Waals surface area contributed by atoms with E-state index in [0.717, 1.165) is 60.6 Å². The van der Waals surface area contributed by atoms with Crippen molar-refractivity contribution in [2.75, 3.05) is 0 Å². The Morgan fingerprint density at radius 2 is 0.930 bits per heavy atom. The number of hydrogen-bond acceptors (Lipinski definition) is 7. The molecule has 520 valence electrons. The molecule has 0 aliphatic heterocycles. The van der Waals surface area contributed by atoms with Gasteiger partial charge in [0.1, 0.15) is 0 Å². The molecule has 15 nitrogen and oxygen atoms in total. The molecule has 2 aliphatic carbocycles. The van der Waals surface area contributed by atoms with Crippen molar-refractivity contribution in [2.24, 2.45) is 47.3 Å². The molecule has 0 atom stereocenters. The van der Waals surface area contributed by atoms with E-state index in [1.54, 1.807) is 63.3 Å². The molecular weight excluding hydrogens is 1250 g/mol. The van der Waals surface area contributed by atoms with Crippen LogP contribution >= 0.6 is 0 Å². The first-order valence-corrected chi connectivity index (χ1v) is 31.9.